The summed E-state index contributed by atoms with van der Waals surface area (Å²) in [6, 6.07) is 12.0. The molecule has 0 saturated carbocycles. The third-order valence-electron chi connectivity index (χ3n) is 4.53. The van der Waals surface area contributed by atoms with Crippen molar-refractivity contribution in [2.24, 2.45) is 0 Å². The van der Waals surface area contributed by atoms with E-state index in [1.54, 1.807) is 31.3 Å². The number of H-pyrrole nitrogens is 1. The van der Waals surface area contributed by atoms with Crippen LogP contribution < -0.4 is 4.72 Å². The lowest BCUT2D eigenvalue weighted by Crippen LogP contribution is -2.15. The second kappa shape index (κ2) is 7.66. The fourth-order valence-corrected chi connectivity index (χ4v) is 4.58. The molecule has 2 heterocycles. The maximum Gasteiger partial charge on any atom is 0.261 e. The Kier molecular flexibility index (Phi) is 5.17. The van der Waals surface area contributed by atoms with E-state index in [-0.39, 0.29) is 21.7 Å². The molecule has 30 heavy (non-hydrogen) atoms. The Labute approximate surface area is 180 Å². The van der Waals surface area contributed by atoms with E-state index >= 15 is 4.39 Å². The quantitative estimate of drug-likeness (QED) is 0.395. The molecule has 6 nitrogen and oxygen atoms in total. The Morgan fingerprint density at radius 2 is 1.90 bits per heavy atom. The number of aromatic nitrogens is 2. The van der Waals surface area contributed by atoms with E-state index in [2.05, 4.69) is 30.6 Å². The summed E-state index contributed by atoms with van der Waals surface area (Å²) in [5.41, 5.74) is 0.915. The van der Waals surface area contributed by atoms with E-state index < -0.39 is 21.6 Å². The Morgan fingerprint density at radius 1 is 1.13 bits per heavy atom. The summed E-state index contributed by atoms with van der Waals surface area (Å²) >= 11 is 3.30. The van der Waals surface area contributed by atoms with Crippen LogP contribution in [0, 0.1) is 12.7 Å². The Morgan fingerprint density at radius 3 is 2.67 bits per heavy atom. The van der Waals surface area contributed by atoms with Crippen molar-refractivity contribution in [1.82, 2.24) is 9.97 Å². The van der Waals surface area contributed by atoms with Crippen LogP contribution in [0.5, 0.6) is 0 Å². The summed E-state index contributed by atoms with van der Waals surface area (Å²) in [7, 11) is -4.02. The Bertz CT molecular complexity index is 1400. The highest BCUT2D eigenvalue weighted by Crippen LogP contribution is 2.27. The average Bonchev–Trinajstić information content (AvgIpc) is 3.12. The number of benzene rings is 2. The van der Waals surface area contributed by atoms with Crippen molar-refractivity contribution < 1.29 is 17.6 Å². The van der Waals surface area contributed by atoms with E-state index in [1.807, 2.05) is 0 Å². The van der Waals surface area contributed by atoms with E-state index in [9.17, 15) is 13.2 Å². The molecular formula is C21H15BrFN3O3S. The Balaban J connectivity index is 1.72. The molecule has 152 valence electrons. The van der Waals surface area contributed by atoms with Crippen molar-refractivity contribution in [3.8, 4) is 0 Å². The fourth-order valence-electron chi connectivity index (χ4n) is 3.08. The van der Waals surface area contributed by atoms with Crippen LogP contribution in [0.2, 0.25) is 0 Å². The van der Waals surface area contributed by atoms with Crippen LogP contribution in [0.4, 0.5) is 10.1 Å². The first-order valence-electron chi connectivity index (χ1n) is 8.81. The zero-order chi connectivity index (χ0) is 21.5. The van der Waals surface area contributed by atoms with E-state index in [4.69, 9.17) is 0 Å². The van der Waals surface area contributed by atoms with Gasteiger partial charge in [-0.1, -0.05) is 18.2 Å². The molecule has 0 saturated heterocycles. The summed E-state index contributed by atoms with van der Waals surface area (Å²) in [5, 5.41) is 0.527. The molecule has 2 N–H and O–H groups in total. The molecule has 0 radical (unpaired) electrons. The van der Waals surface area contributed by atoms with Crippen molar-refractivity contribution in [2.75, 3.05) is 4.72 Å². The van der Waals surface area contributed by atoms with Gasteiger partial charge in [-0.25, -0.2) is 17.8 Å². The molecule has 9 heteroatoms. The van der Waals surface area contributed by atoms with Crippen molar-refractivity contribution >= 4 is 48.5 Å². The molecule has 0 amide bonds. The molecule has 4 rings (SSSR count). The Hall–Kier alpha value is -3.04. The molecule has 2 aromatic heterocycles. The number of ketones is 1. The van der Waals surface area contributed by atoms with Gasteiger partial charge in [0.1, 0.15) is 5.65 Å². The summed E-state index contributed by atoms with van der Waals surface area (Å²) < 4.78 is 43.3. The zero-order valence-corrected chi connectivity index (χ0v) is 18.0. The fraction of sp³-hybridized carbons (Fsp3) is 0.0476. The highest BCUT2D eigenvalue weighted by Gasteiger charge is 2.23. The molecule has 4 aromatic rings. The molecule has 0 atom stereocenters. The van der Waals surface area contributed by atoms with Gasteiger partial charge in [-0.15, -0.1) is 0 Å². The molecule has 2 aromatic carbocycles. The van der Waals surface area contributed by atoms with Gasteiger partial charge < -0.3 is 4.98 Å². The third-order valence-corrected chi connectivity index (χ3v) is 6.33. The molecule has 0 aliphatic heterocycles. The van der Waals surface area contributed by atoms with Gasteiger partial charge in [0, 0.05) is 27.8 Å². The van der Waals surface area contributed by atoms with Gasteiger partial charge in [0.2, 0.25) is 0 Å². The number of rotatable bonds is 5. The smallest absolute Gasteiger partial charge is 0.261 e. The number of hydrogen-bond donors (Lipinski definition) is 2. The van der Waals surface area contributed by atoms with Crippen LogP contribution in [0.3, 0.4) is 0 Å². The highest BCUT2D eigenvalue weighted by molar-refractivity contribution is 9.10. The molecule has 0 aliphatic carbocycles. The first kappa shape index (κ1) is 20.2. The zero-order valence-electron chi connectivity index (χ0n) is 15.6. The standard InChI is InChI=1S/C21H15BrFN3O3S/c1-12-4-2-5-14(8-12)30(28,29)26-18-7-3-6-15(19(18)23)20(27)17-11-25-21-16(17)9-13(22)10-24-21/h2-11,26H,1H3,(H,24,25). The van der Waals surface area contributed by atoms with E-state index in [0.717, 1.165) is 5.56 Å². The van der Waals surface area contributed by atoms with E-state index in [0.29, 0.717) is 15.5 Å². The van der Waals surface area contributed by atoms with Crippen LogP contribution in [0.25, 0.3) is 11.0 Å². The number of sulfonamides is 1. The number of aromatic amines is 1. The average molecular weight is 488 g/mol. The number of pyridine rings is 1. The van der Waals surface area contributed by atoms with Gasteiger partial charge in [-0.05, 0) is 58.7 Å². The molecule has 0 aliphatic rings. The maximum atomic E-state index is 15.1. The van der Waals surface area contributed by atoms with Crippen LogP contribution in [-0.4, -0.2) is 24.2 Å². The predicted molar refractivity (Wildman–Crippen MR) is 116 cm³/mol. The summed E-state index contributed by atoms with van der Waals surface area (Å²) in [6.07, 6.45) is 3.03. The molecule has 0 bridgehead atoms. The number of nitrogens with one attached hydrogen (secondary N) is 2. The van der Waals surface area contributed by atoms with Gasteiger partial charge in [0.25, 0.3) is 10.0 Å². The minimum Gasteiger partial charge on any atom is -0.345 e. The van der Waals surface area contributed by atoms with Crippen LogP contribution in [0.1, 0.15) is 21.5 Å². The molecule has 0 fully saturated rings. The highest BCUT2D eigenvalue weighted by atomic mass is 79.9. The van der Waals surface area contributed by atoms with Crippen molar-refractivity contribution in [2.45, 2.75) is 11.8 Å². The lowest BCUT2D eigenvalue weighted by atomic mass is 10.0. The lowest BCUT2D eigenvalue weighted by molar-refractivity contribution is 0.103. The molecule has 0 unspecified atom stereocenters. The van der Waals surface area contributed by atoms with Gasteiger partial charge in [-0.2, -0.15) is 0 Å². The normalized spacial score (nSPS) is 11.6. The van der Waals surface area contributed by atoms with Gasteiger partial charge in [-0.3, -0.25) is 9.52 Å². The monoisotopic (exact) mass is 487 g/mol. The maximum absolute atomic E-state index is 15.1. The first-order valence-corrected chi connectivity index (χ1v) is 11.1. The van der Waals surface area contributed by atoms with Crippen molar-refractivity contribution in [3.05, 3.63) is 87.9 Å². The summed E-state index contributed by atoms with van der Waals surface area (Å²) in [4.78, 5) is 20.1. The van der Waals surface area contributed by atoms with Gasteiger partial charge in [0.15, 0.2) is 11.6 Å². The van der Waals surface area contributed by atoms with Crippen LogP contribution >= 0.6 is 15.9 Å². The number of carbonyl (C=O) groups excluding carboxylic acids is 1. The second-order valence-corrected chi connectivity index (χ2v) is 9.27. The largest absolute Gasteiger partial charge is 0.345 e. The second-order valence-electron chi connectivity index (χ2n) is 6.67. The van der Waals surface area contributed by atoms with Gasteiger partial charge >= 0.3 is 0 Å². The number of hydrogen-bond acceptors (Lipinski definition) is 4. The van der Waals surface area contributed by atoms with Gasteiger partial charge in [0.05, 0.1) is 16.1 Å². The molecular weight excluding hydrogens is 473 g/mol. The number of anilines is 1. The molecule has 0 spiro atoms. The van der Waals surface area contributed by atoms with Crippen LogP contribution in [0.15, 0.2) is 70.3 Å². The number of fused-ring (bicyclic) bond motifs is 1. The number of halogens is 2. The summed E-state index contributed by atoms with van der Waals surface area (Å²) in [5.74, 6) is -1.54. The third kappa shape index (κ3) is 3.73. The SMILES string of the molecule is Cc1cccc(S(=O)(=O)Nc2cccc(C(=O)c3c[nH]c4ncc(Br)cc34)c2F)c1. The first-order chi connectivity index (χ1) is 14.3. The lowest BCUT2D eigenvalue weighted by Gasteiger charge is -2.11. The van der Waals surface area contributed by atoms with Crippen molar-refractivity contribution in [3.63, 3.8) is 0 Å². The minimum absolute atomic E-state index is 0.00572. The minimum atomic E-state index is -4.02. The number of aryl methyl sites for hydroxylation is 1. The topological polar surface area (TPSA) is 91.9 Å². The number of nitrogens with zero attached hydrogens (tertiary/aromatic N) is 1. The predicted octanol–water partition coefficient (Wildman–Crippen LogP) is 4.80. The van der Waals surface area contributed by atoms with Crippen LogP contribution in [-0.2, 0) is 10.0 Å². The van der Waals surface area contributed by atoms with Crippen molar-refractivity contribution in [1.29, 1.82) is 0 Å². The van der Waals surface area contributed by atoms with E-state index in [1.165, 1.54) is 36.5 Å². The summed E-state index contributed by atoms with van der Waals surface area (Å²) in [6.45, 7) is 1.76. The number of carbonyl (C=O) groups is 1.